The average molecular weight is 321 g/mol. The fourth-order valence-electron chi connectivity index (χ4n) is 2.59. The molecule has 126 valence electrons. The number of amides is 2. The number of aromatic nitrogens is 1. The van der Waals surface area contributed by atoms with E-state index >= 15 is 0 Å². The zero-order chi connectivity index (χ0) is 16.7. The van der Waals surface area contributed by atoms with Crippen molar-refractivity contribution >= 4 is 12.0 Å². The maximum absolute atomic E-state index is 12.0. The van der Waals surface area contributed by atoms with Gasteiger partial charge in [-0.15, -0.1) is 0 Å². The monoisotopic (exact) mass is 321 g/mol. The largest absolute Gasteiger partial charge is 0.450 e. The standard InChI is InChI=1S/C16H23N3O4/c1-2-23-16(22)19-10-6-13(7-11-19)17-14(20)8-12-18-9-4-3-5-15(18)21/h3-5,9,13H,2,6-8,10-12H2,1H3,(H,17,20). The summed E-state index contributed by atoms with van der Waals surface area (Å²) in [6, 6.07) is 4.99. The number of carbonyl (C=O) groups is 2. The number of nitrogens with one attached hydrogen (secondary N) is 1. The van der Waals surface area contributed by atoms with Gasteiger partial charge >= 0.3 is 6.09 Å². The molecule has 0 aromatic carbocycles. The molecule has 0 bridgehead atoms. The van der Waals surface area contributed by atoms with Crippen molar-refractivity contribution in [3.63, 3.8) is 0 Å². The Hall–Kier alpha value is -2.31. The SMILES string of the molecule is CCOC(=O)N1CCC(NC(=O)CCn2ccccc2=O)CC1. The zero-order valence-electron chi connectivity index (χ0n) is 13.4. The summed E-state index contributed by atoms with van der Waals surface area (Å²) in [6.07, 6.45) is 3.09. The van der Waals surface area contributed by atoms with Gasteiger partial charge in [0.2, 0.25) is 5.91 Å². The molecule has 23 heavy (non-hydrogen) atoms. The zero-order valence-corrected chi connectivity index (χ0v) is 13.4. The van der Waals surface area contributed by atoms with E-state index in [-0.39, 0.29) is 30.0 Å². The van der Waals surface area contributed by atoms with Gasteiger partial charge in [0.25, 0.3) is 5.56 Å². The number of ether oxygens (including phenoxy) is 1. The molecule has 1 aromatic heterocycles. The van der Waals surface area contributed by atoms with E-state index in [1.54, 1.807) is 30.2 Å². The quantitative estimate of drug-likeness (QED) is 0.876. The number of pyridine rings is 1. The molecule has 1 aliphatic heterocycles. The first-order chi connectivity index (χ1) is 11.1. The Kier molecular flexibility index (Phi) is 6.19. The molecular weight excluding hydrogens is 298 g/mol. The third-order valence-corrected chi connectivity index (χ3v) is 3.86. The normalized spacial score (nSPS) is 15.3. The van der Waals surface area contributed by atoms with E-state index in [4.69, 9.17) is 4.74 Å². The Morgan fingerprint density at radius 2 is 2.04 bits per heavy atom. The van der Waals surface area contributed by atoms with Crippen LogP contribution in [0.3, 0.4) is 0 Å². The Morgan fingerprint density at radius 3 is 2.70 bits per heavy atom. The molecule has 0 aliphatic carbocycles. The van der Waals surface area contributed by atoms with Crippen LogP contribution < -0.4 is 10.9 Å². The maximum atomic E-state index is 12.0. The number of piperidine rings is 1. The van der Waals surface area contributed by atoms with E-state index in [1.165, 1.54) is 10.6 Å². The molecule has 0 unspecified atom stereocenters. The minimum atomic E-state index is -0.291. The smallest absolute Gasteiger partial charge is 0.409 e. The van der Waals surface area contributed by atoms with Crippen LogP contribution in [0.5, 0.6) is 0 Å². The lowest BCUT2D eigenvalue weighted by atomic mass is 10.1. The van der Waals surface area contributed by atoms with Crippen LogP contribution in [0.2, 0.25) is 0 Å². The molecular formula is C16H23N3O4. The molecule has 2 heterocycles. The fourth-order valence-corrected chi connectivity index (χ4v) is 2.59. The number of aryl methyl sites for hydroxylation is 1. The minimum absolute atomic E-state index is 0.0701. The van der Waals surface area contributed by atoms with Crippen molar-refractivity contribution in [3.05, 3.63) is 34.7 Å². The van der Waals surface area contributed by atoms with Gasteiger partial charge in [-0.25, -0.2) is 4.79 Å². The van der Waals surface area contributed by atoms with Gasteiger partial charge in [-0.1, -0.05) is 6.07 Å². The predicted molar refractivity (Wildman–Crippen MR) is 85.1 cm³/mol. The van der Waals surface area contributed by atoms with Gasteiger partial charge in [0.15, 0.2) is 0 Å². The van der Waals surface area contributed by atoms with Gasteiger partial charge in [0, 0.05) is 44.4 Å². The highest BCUT2D eigenvalue weighted by atomic mass is 16.6. The molecule has 1 aromatic rings. The van der Waals surface area contributed by atoms with Crippen LogP contribution in [0, 0.1) is 0 Å². The number of likely N-dealkylation sites (tertiary alicyclic amines) is 1. The first-order valence-corrected chi connectivity index (χ1v) is 7.96. The van der Waals surface area contributed by atoms with Crippen LogP contribution in [-0.4, -0.2) is 47.2 Å². The molecule has 1 aliphatic rings. The van der Waals surface area contributed by atoms with Crippen molar-refractivity contribution in [1.29, 1.82) is 0 Å². The Balaban J connectivity index is 1.72. The highest BCUT2D eigenvalue weighted by Gasteiger charge is 2.24. The second kappa shape index (κ2) is 8.36. The summed E-state index contributed by atoms with van der Waals surface area (Å²) in [5.41, 5.74) is -0.108. The number of rotatable bonds is 5. The Bertz CT molecular complexity index is 591. The first kappa shape index (κ1) is 17.1. The minimum Gasteiger partial charge on any atom is -0.450 e. The molecule has 0 radical (unpaired) electrons. The summed E-state index contributed by atoms with van der Waals surface area (Å²) in [5, 5.41) is 2.97. The lowest BCUT2D eigenvalue weighted by molar-refractivity contribution is -0.122. The number of nitrogens with zero attached hydrogens (tertiary/aromatic N) is 2. The third-order valence-electron chi connectivity index (χ3n) is 3.86. The maximum Gasteiger partial charge on any atom is 0.409 e. The molecule has 2 rings (SSSR count). The van der Waals surface area contributed by atoms with Crippen LogP contribution in [0.1, 0.15) is 26.2 Å². The van der Waals surface area contributed by atoms with Crippen molar-refractivity contribution in [3.8, 4) is 0 Å². The summed E-state index contributed by atoms with van der Waals surface area (Å²) in [4.78, 5) is 36.8. The lowest BCUT2D eigenvalue weighted by Gasteiger charge is -2.31. The summed E-state index contributed by atoms with van der Waals surface area (Å²) in [5.74, 6) is -0.0738. The van der Waals surface area contributed by atoms with E-state index in [1.807, 2.05) is 0 Å². The summed E-state index contributed by atoms with van der Waals surface area (Å²) in [7, 11) is 0. The van der Waals surface area contributed by atoms with Gasteiger partial charge in [0.05, 0.1) is 6.61 Å². The highest BCUT2D eigenvalue weighted by Crippen LogP contribution is 2.11. The first-order valence-electron chi connectivity index (χ1n) is 7.96. The Labute approximate surface area is 135 Å². The highest BCUT2D eigenvalue weighted by molar-refractivity contribution is 5.76. The number of carbonyl (C=O) groups excluding carboxylic acids is 2. The molecule has 7 heteroatoms. The lowest BCUT2D eigenvalue weighted by Crippen LogP contribution is -2.46. The fraction of sp³-hybridized carbons (Fsp3) is 0.562. The Morgan fingerprint density at radius 1 is 1.30 bits per heavy atom. The van der Waals surface area contributed by atoms with E-state index in [0.29, 0.717) is 26.2 Å². The molecule has 1 fully saturated rings. The molecule has 0 saturated carbocycles. The molecule has 0 atom stereocenters. The van der Waals surface area contributed by atoms with Crippen LogP contribution in [0.15, 0.2) is 29.2 Å². The second-order valence-corrected chi connectivity index (χ2v) is 5.51. The van der Waals surface area contributed by atoms with E-state index in [2.05, 4.69) is 5.32 Å². The summed E-state index contributed by atoms with van der Waals surface area (Å²) in [6.45, 7) is 3.69. The van der Waals surface area contributed by atoms with Crippen LogP contribution in [0.25, 0.3) is 0 Å². The summed E-state index contributed by atoms with van der Waals surface area (Å²) < 4.78 is 6.48. The topological polar surface area (TPSA) is 80.6 Å². The molecule has 1 saturated heterocycles. The van der Waals surface area contributed by atoms with Crippen molar-refractivity contribution in [2.45, 2.75) is 38.8 Å². The molecule has 1 N–H and O–H groups in total. The van der Waals surface area contributed by atoms with Gasteiger partial charge < -0.3 is 19.5 Å². The number of hydrogen-bond donors (Lipinski definition) is 1. The summed E-state index contributed by atoms with van der Waals surface area (Å²) >= 11 is 0. The van der Waals surface area contributed by atoms with Crippen molar-refractivity contribution in [2.24, 2.45) is 0 Å². The van der Waals surface area contributed by atoms with E-state index in [9.17, 15) is 14.4 Å². The predicted octanol–water partition coefficient (Wildman–Crippen LogP) is 0.975. The van der Waals surface area contributed by atoms with Crippen LogP contribution in [-0.2, 0) is 16.1 Å². The molecule has 2 amide bonds. The second-order valence-electron chi connectivity index (χ2n) is 5.51. The molecule has 7 nitrogen and oxygen atoms in total. The average Bonchev–Trinajstić information content (AvgIpc) is 2.55. The van der Waals surface area contributed by atoms with Gasteiger partial charge in [-0.2, -0.15) is 0 Å². The van der Waals surface area contributed by atoms with Crippen molar-refractivity contribution in [1.82, 2.24) is 14.8 Å². The van der Waals surface area contributed by atoms with Crippen molar-refractivity contribution < 1.29 is 14.3 Å². The molecule has 0 spiro atoms. The van der Waals surface area contributed by atoms with Crippen LogP contribution in [0.4, 0.5) is 4.79 Å². The third kappa shape index (κ3) is 5.12. The number of hydrogen-bond acceptors (Lipinski definition) is 4. The van der Waals surface area contributed by atoms with Crippen LogP contribution >= 0.6 is 0 Å². The van der Waals surface area contributed by atoms with Gasteiger partial charge in [-0.3, -0.25) is 9.59 Å². The van der Waals surface area contributed by atoms with E-state index < -0.39 is 0 Å². The van der Waals surface area contributed by atoms with E-state index in [0.717, 1.165) is 12.8 Å². The van der Waals surface area contributed by atoms with Gasteiger partial charge in [-0.05, 0) is 25.8 Å². The van der Waals surface area contributed by atoms with Gasteiger partial charge in [0.1, 0.15) is 0 Å². The van der Waals surface area contributed by atoms with Crippen molar-refractivity contribution in [2.75, 3.05) is 19.7 Å².